The second kappa shape index (κ2) is 8.30. The zero-order valence-electron chi connectivity index (χ0n) is 16.5. The molecule has 0 radical (unpaired) electrons. The standard InChI is InChI=1S/C23H27NO3/c1-5-19(23(25)27-6-2)22-16(3)24(15-17-10-8-7-9-11-17)21-13-12-18(26-4)14-20(21)22/h7-14,19H,5-6,15H2,1-4H3. The maximum atomic E-state index is 12.6. The van der Waals surface area contributed by atoms with Crippen LogP contribution in [0.25, 0.3) is 10.9 Å². The highest BCUT2D eigenvalue weighted by Gasteiger charge is 2.27. The summed E-state index contributed by atoms with van der Waals surface area (Å²) in [7, 11) is 1.66. The zero-order valence-corrected chi connectivity index (χ0v) is 16.5. The highest BCUT2D eigenvalue weighted by atomic mass is 16.5. The van der Waals surface area contributed by atoms with Crippen molar-refractivity contribution in [3.63, 3.8) is 0 Å². The van der Waals surface area contributed by atoms with Gasteiger partial charge in [-0.1, -0.05) is 37.3 Å². The first-order valence-corrected chi connectivity index (χ1v) is 9.47. The molecule has 0 amide bonds. The van der Waals surface area contributed by atoms with Crippen molar-refractivity contribution in [2.75, 3.05) is 13.7 Å². The first kappa shape index (κ1) is 19.0. The van der Waals surface area contributed by atoms with Gasteiger partial charge in [-0.15, -0.1) is 0 Å². The number of hydrogen-bond donors (Lipinski definition) is 0. The van der Waals surface area contributed by atoms with E-state index in [0.29, 0.717) is 13.0 Å². The normalized spacial score (nSPS) is 12.1. The Kier molecular flexibility index (Phi) is 5.84. The number of nitrogens with zero attached hydrogens (tertiary/aromatic N) is 1. The van der Waals surface area contributed by atoms with Crippen LogP contribution in [-0.2, 0) is 16.1 Å². The SMILES string of the molecule is CCOC(=O)C(CC)c1c(C)n(Cc2ccccc2)c2ccc(OC)cc12. The third-order valence-electron chi connectivity index (χ3n) is 5.09. The van der Waals surface area contributed by atoms with Gasteiger partial charge in [0.25, 0.3) is 0 Å². The van der Waals surface area contributed by atoms with E-state index in [-0.39, 0.29) is 11.9 Å². The molecular formula is C23H27NO3. The summed E-state index contributed by atoms with van der Waals surface area (Å²) < 4.78 is 13.1. The van der Waals surface area contributed by atoms with E-state index in [1.165, 1.54) is 5.56 Å². The van der Waals surface area contributed by atoms with Crippen molar-refractivity contribution in [1.82, 2.24) is 4.57 Å². The molecule has 4 nitrogen and oxygen atoms in total. The van der Waals surface area contributed by atoms with Gasteiger partial charge < -0.3 is 14.0 Å². The number of carbonyl (C=O) groups excluding carboxylic acids is 1. The summed E-state index contributed by atoms with van der Waals surface area (Å²) in [6.45, 7) is 7.11. The van der Waals surface area contributed by atoms with Gasteiger partial charge in [0.05, 0.1) is 19.6 Å². The highest BCUT2D eigenvalue weighted by molar-refractivity contribution is 5.92. The van der Waals surface area contributed by atoms with Crippen molar-refractivity contribution in [3.8, 4) is 5.75 Å². The molecule has 0 bridgehead atoms. The van der Waals surface area contributed by atoms with Crippen LogP contribution in [0.2, 0.25) is 0 Å². The lowest BCUT2D eigenvalue weighted by Crippen LogP contribution is -2.16. The molecule has 0 aliphatic heterocycles. The van der Waals surface area contributed by atoms with Crippen molar-refractivity contribution in [1.29, 1.82) is 0 Å². The smallest absolute Gasteiger partial charge is 0.313 e. The van der Waals surface area contributed by atoms with Gasteiger partial charge in [-0.25, -0.2) is 0 Å². The molecule has 1 heterocycles. The molecule has 0 saturated heterocycles. The molecule has 142 valence electrons. The highest BCUT2D eigenvalue weighted by Crippen LogP contribution is 2.36. The van der Waals surface area contributed by atoms with Gasteiger partial charge in [0.2, 0.25) is 0 Å². The number of methoxy groups -OCH3 is 1. The Balaban J connectivity index is 2.19. The largest absolute Gasteiger partial charge is 0.497 e. The summed E-state index contributed by atoms with van der Waals surface area (Å²) in [5.41, 5.74) is 4.47. The van der Waals surface area contributed by atoms with Crippen LogP contribution >= 0.6 is 0 Å². The topological polar surface area (TPSA) is 40.5 Å². The predicted octanol–water partition coefficient (Wildman–Crippen LogP) is 5.06. The van der Waals surface area contributed by atoms with Gasteiger partial charge in [-0.3, -0.25) is 4.79 Å². The first-order chi connectivity index (χ1) is 13.1. The second-order valence-corrected chi connectivity index (χ2v) is 6.67. The molecular weight excluding hydrogens is 338 g/mol. The molecule has 1 unspecified atom stereocenters. The summed E-state index contributed by atoms with van der Waals surface area (Å²) in [5, 5.41) is 1.06. The predicted molar refractivity (Wildman–Crippen MR) is 108 cm³/mol. The monoisotopic (exact) mass is 365 g/mol. The number of fused-ring (bicyclic) bond motifs is 1. The molecule has 0 aliphatic carbocycles. The summed E-state index contributed by atoms with van der Waals surface area (Å²) in [6, 6.07) is 16.4. The average molecular weight is 365 g/mol. The Morgan fingerprint density at radius 3 is 2.48 bits per heavy atom. The van der Waals surface area contributed by atoms with E-state index in [0.717, 1.165) is 34.5 Å². The van der Waals surface area contributed by atoms with Crippen molar-refractivity contribution in [3.05, 3.63) is 65.4 Å². The van der Waals surface area contributed by atoms with Crippen LogP contribution in [-0.4, -0.2) is 24.3 Å². The summed E-state index contributed by atoms with van der Waals surface area (Å²) in [6.07, 6.45) is 0.696. The lowest BCUT2D eigenvalue weighted by atomic mass is 9.93. The fraction of sp³-hybridized carbons (Fsp3) is 0.348. The van der Waals surface area contributed by atoms with E-state index < -0.39 is 0 Å². The van der Waals surface area contributed by atoms with Crippen LogP contribution in [0.15, 0.2) is 48.5 Å². The number of esters is 1. The molecule has 0 saturated carbocycles. The van der Waals surface area contributed by atoms with Crippen molar-refractivity contribution in [2.24, 2.45) is 0 Å². The van der Waals surface area contributed by atoms with Gasteiger partial charge in [-0.05, 0) is 49.6 Å². The van der Waals surface area contributed by atoms with Crippen molar-refractivity contribution >= 4 is 16.9 Å². The molecule has 1 aromatic heterocycles. The Hall–Kier alpha value is -2.75. The molecule has 0 spiro atoms. The van der Waals surface area contributed by atoms with Gasteiger partial charge >= 0.3 is 5.97 Å². The van der Waals surface area contributed by atoms with Crippen LogP contribution in [0.5, 0.6) is 5.75 Å². The Morgan fingerprint density at radius 1 is 1.11 bits per heavy atom. The third-order valence-corrected chi connectivity index (χ3v) is 5.09. The van der Waals surface area contributed by atoms with Crippen LogP contribution in [0.1, 0.15) is 43.0 Å². The molecule has 1 atom stereocenters. The lowest BCUT2D eigenvalue weighted by Gasteiger charge is -2.15. The van der Waals surface area contributed by atoms with Crippen LogP contribution < -0.4 is 4.74 Å². The van der Waals surface area contributed by atoms with E-state index >= 15 is 0 Å². The Labute approximate surface area is 160 Å². The summed E-state index contributed by atoms with van der Waals surface area (Å²) in [4.78, 5) is 12.6. The number of aromatic nitrogens is 1. The number of rotatable bonds is 7. The van der Waals surface area contributed by atoms with E-state index in [9.17, 15) is 4.79 Å². The second-order valence-electron chi connectivity index (χ2n) is 6.67. The van der Waals surface area contributed by atoms with E-state index in [1.54, 1.807) is 7.11 Å². The quantitative estimate of drug-likeness (QED) is 0.549. The molecule has 0 aliphatic rings. The van der Waals surface area contributed by atoms with E-state index in [1.807, 2.05) is 44.2 Å². The lowest BCUT2D eigenvalue weighted by molar-refractivity contribution is -0.145. The van der Waals surface area contributed by atoms with Gasteiger partial charge in [0.1, 0.15) is 5.75 Å². The minimum absolute atomic E-state index is 0.162. The molecule has 0 fully saturated rings. The summed E-state index contributed by atoms with van der Waals surface area (Å²) >= 11 is 0. The van der Waals surface area contributed by atoms with E-state index in [2.05, 4.69) is 29.7 Å². The van der Waals surface area contributed by atoms with Gasteiger partial charge in [-0.2, -0.15) is 0 Å². The molecule has 3 aromatic rings. The minimum atomic E-state index is -0.281. The maximum Gasteiger partial charge on any atom is 0.313 e. The molecule has 27 heavy (non-hydrogen) atoms. The maximum absolute atomic E-state index is 12.6. The van der Waals surface area contributed by atoms with Crippen LogP contribution in [0.4, 0.5) is 0 Å². The molecule has 4 heteroatoms. The third kappa shape index (κ3) is 3.70. The minimum Gasteiger partial charge on any atom is -0.497 e. The molecule has 0 N–H and O–H groups in total. The van der Waals surface area contributed by atoms with Gasteiger partial charge in [0, 0.05) is 23.1 Å². The van der Waals surface area contributed by atoms with Crippen LogP contribution in [0.3, 0.4) is 0 Å². The average Bonchev–Trinajstić information content (AvgIpc) is 2.95. The van der Waals surface area contributed by atoms with Crippen LogP contribution in [0, 0.1) is 6.92 Å². The van der Waals surface area contributed by atoms with Crippen molar-refractivity contribution in [2.45, 2.75) is 39.7 Å². The Morgan fingerprint density at radius 2 is 1.85 bits per heavy atom. The number of ether oxygens (including phenoxy) is 2. The number of benzene rings is 2. The molecule has 2 aromatic carbocycles. The fourth-order valence-electron chi connectivity index (χ4n) is 3.76. The fourth-order valence-corrected chi connectivity index (χ4v) is 3.76. The van der Waals surface area contributed by atoms with E-state index in [4.69, 9.17) is 9.47 Å². The number of carbonyl (C=O) groups is 1. The van der Waals surface area contributed by atoms with Gasteiger partial charge in [0.15, 0.2) is 0 Å². The summed E-state index contributed by atoms with van der Waals surface area (Å²) in [5.74, 6) is 0.348. The first-order valence-electron chi connectivity index (χ1n) is 9.47. The zero-order chi connectivity index (χ0) is 19.4. The molecule has 3 rings (SSSR count). The Bertz CT molecular complexity index is 928. The van der Waals surface area contributed by atoms with Crippen molar-refractivity contribution < 1.29 is 14.3 Å². The number of hydrogen-bond acceptors (Lipinski definition) is 3.